The Bertz CT molecular complexity index is 519. The third kappa shape index (κ3) is 3.01. The summed E-state index contributed by atoms with van der Waals surface area (Å²) >= 11 is 3.37. The van der Waals surface area contributed by atoms with E-state index in [2.05, 4.69) is 25.9 Å². The number of nitrogens with two attached hydrogens (primary N) is 1. The van der Waals surface area contributed by atoms with Crippen molar-refractivity contribution in [2.24, 2.45) is 0 Å². The molecule has 5 heteroatoms. The van der Waals surface area contributed by atoms with Crippen molar-refractivity contribution >= 4 is 21.7 Å². The molecule has 0 fully saturated rings. The Morgan fingerprint density at radius 2 is 2.12 bits per heavy atom. The topological polar surface area (TPSA) is 72.0 Å². The van der Waals surface area contributed by atoms with Gasteiger partial charge in [0.15, 0.2) is 0 Å². The van der Waals surface area contributed by atoms with Crippen molar-refractivity contribution in [2.75, 3.05) is 5.73 Å². The summed E-state index contributed by atoms with van der Waals surface area (Å²) < 4.78 is 0.800. The predicted octanol–water partition coefficient (Wildman–Crippen LogP) is 2.10. The number of aliphatic hydroxyl groups is 1. The fourth-order valence-electron chi connectivity index (χ4n) is 1.58. The molecule has 0 amide bonds. The zero-order valence-corrected chi connectivity index (χ0v) is 10.6. The van der Waals surface area contributed by atoms with Crippen LogP contribution >= 0.6 is 15.9 Å². The molecule has 0 aliphatic heterocycles. The second-order valence-corrected chi connectivity index (χ2v) is 4.53. The van der Waals surface area contributed by atoms with Gasteiger partial charge >= 0.3 is 0 Å². The molecule has 0 aliphatic rings. The zero-order valence-electron chi connectivity index (χ0n) is 9.05. The van der Waals surface area contributed by atoms with Crippen molar-refractivity contribution in [1.29, 1.82) is 0 Å². The molecule has 88 valence electrons. The van der Waals surface area contributed by atoms with Gasteiger partial charge in [0.1, 0.15) is 11.9 Å². The SMILES string of the molecule is Nc1cc(CC(O)c2ncccc2Br)ccn1. The summed E-state index contributed by atoms with van der Waals surface area (Å²) in [4.78, 5) is 8.06. The van der Waals surface area contributed by atoms with Crippen LogP contribution in [0.1, 0.15) is 17.4 Å². The van der Waals surface area contributed by atoms with Crippen molar-refractivity contribution in [3.8, 4) is 0 Å². The lowest BCUT2D eigenvalue weighted by molar-refractivity contribution is 0.173. The number of hydrogen-bond acceptors (Lipinski definition) is 4. The Kier molecular flexibility index (Phi) is 3.71. The minimum Gasteiger partial charge on any atom is -0.386 e. The first kappa shape index (κ1) is 12.0. The monoisotopic (exact) mass is 293 g/mol. The van der Waals surface area contributed by atoms with E-state index < -0.39 is 6.10 Å². The summed E-state index contributed by atoms with van der Waals surface area (Å²) in [6, 6.07) is 7.24. The number of aromatic nitrogens is 2. The van der Waals surface area contributed by atoms with Crippen LogP contribution in [0.3, 0.4) is 0 Å². The standard InChI is InChI=1S/C12H12BrN3O/c13-9-2-1-4-16-12(9)10(17)6-8-3-5-15-11(14)7-8/h1-5,7,10,17H,6H2,(H2,14,15). The van der Waals surface area contributed by atoms with Gasteiger partial charge in [0.2, 0.25) is 0 Å². The second kappa shape index (κ2) is 5.25. The summed E-state index contributed by atoms with van der Waals surface area (Å²) in [5, 5.41) is 10.1. The molecule has 2 aromatic rings. The Labute approximate surface area is 108 Å². The molecule has 2 heterocycles. The van der Waals surface area contributed by atoms with E-state index in [0.717, 1.165) is 10.0 Å². The van der Waals surface area contributed by atoms with E-state index in [4.69, 9.17) is 5.73 Å². The average Bonchev–Trinajstić information content (AvgIpc) is 2.29. The predicted molar refractivity (Wildman–Crippen MR) is 69.3 cm³/mol. The molecule has 0 saturated carbocycles. The molecule has 0 spiro atoms. The van der Waals surface area contributed by atoms with Gasteiger partial charge in [0.25, 0.3) is 0 Å². The van der Waals surface area contributed by atoms with Gasteiger partial charge in [-0.15, -0.1) is 0 Å². The Morgan fingerprint density at radius 3 is 2.82 bits per heavy atom. The molecule has 0 saturated heterocycles. The smallest absolute Gasteiger partial charge is 0.123 e. The van der Waals surface area contributed by atoms with Crippen LogP contribution in [-0.4, -0.2) is 15.1 Å². The van der Waals surface area contributed by atoms with Crippen LogP contribution < -0.4 is 5.73 Å². The van der Waals surface area contributed by atoms with Gasteiger partial charge in [-0.3, -0.25) is 4.98 Å². The van der Waals surface area contributed by atoms with Gasteiger partial charge in [-0.2, -0.15) is 0 Å². The highest BCUT2D eigenvalue weighted by Crippen LogP contribution is 2.23. The van der Waals surface area contributed by atoms with Crippen molar-refractivity contribution in [1.82, 2.24) is 9.97 Å². The molecule has 1 unspecified atom stereocenters. The third-order valence-corrected chi connectivity index (χ3v) is 3.05. The van der Waals surface area contributed by atoms with E-state index in [1.165, 1.54) is 0 Å². The summed E-state index contributed by atoms with van der Waals surface area (Å²) in [7, 11) is 0. The summed E-state index contributed by atoms with van der Waals surface area (Å²) in [6.45, 7) is 0. The lowest BCUT2D eigenvalue weighted by Gasteiger charge is -2.11. The number of hydrogen-bond donors (Lipinski definition) is 2. The molecule has 1 atom stereocenters. The molecular formula is C12H12BrN3O. The quantitative estimate of drug-likeness (QED) is 0.909. The lowest BCUT2D eigenvalue weighted by Crippen LogP contribution is -2.05. The average molecular weight is 294 g/mol. The second-order valence-electron chi connectivity index (χ2n) is 3.68. The number of rotatable bonds is 3. The maximum atomic E-state index is 10.1. The van der Waals surface area contributed by atoms with Crippen LogP contribution in [0.2, 0.25) is 0 Å². The Balaban J connectivity index is 2.17. The molecule has 0 radical (unpaired) electrons. The molecule has 2 aromatic heterocycles. The van der Waals surface area contributed by atoms with Crippen molar-refractivity contribution in [3.05, 3.63) is 52.4 Å². The van der Waals surface area contributed by atoms with Crippen LogP contribution in [-0.2, 0) is 6.42 Å². The number of pyridine rings is 2. The summed E-state index contributed by atoms with van der Waals surface area (Å²) in [5.74, 6) is 0.454. The van der Waals surface area contributed by atoms with Crippen molar-refractivity contribution < 1.29 is 5.11 Å². The third-order valence-electron chi connectivity index (χ3n) is 2.38. The first-order valence-corrected chi connectivity index (χ1v) is 5.95. The number of nitrogen functional groups attached to an aromatic ring is 1. The maximum absolute atomic E-state index is 10.1. The number of aliphatic hydroxyl groups excluding tert-OH is 1. The van der Waals surface area contributed by atoms with Crippen molar-refractivity contribution in [2.45, 2.75) is 12.5 Å². The number of halogens is 1. The molecule has 4 nitrogen and oxygen atoms in total. The number of anilines is 1. The van der Waals surface area contributed by atoms with Gasteiger partial charge in [-0.25, -0.2) is 4.98 Å². The molecule has 2 rings (SSSR count). The summed E-state index contributed by atoms with van der Waals surface area (Å²) in [6.07, 6.45) is 3.09. The summed E-state index contributed by atoms with van der Waals surface area (Å²) in [5.41, 5.74) is 7.15. The molecule has 0 bridgehead atoms. The Morgan fingerprint density at radius 1 is 1.29 bits per heavy atom. The number of nitrogens with zero attached hydrogens (tertiary/aromatic N) is 2. The minimum atomic E-state index is -0.660. The van der Waals surface area contributed by atoms with E-state index in [1.807, 2.05) is 18.2 Å². The molecular weight excluding hydrogens is 282 g/mol. The fourth-order valence-corrected chi connectivity index (χ4v) is 2.10. The van der Waals surface area contributed by atoms with E-state index in [-0.39, 0.29) is 0 Å². The van der Waals surface area contributed by atoms with Crippen LogP contribution in [0, 0.1) is 0 Å². The maximum Gasteiger partial charge on any atom is 0.123 e. The minimum absolute atomic E-state index is 0.454. The van der Waals surface area contributed by atoms with Gasteiger partial charge < -0.3 is 10.8 Å². The molecule has 0 aromatic carbocycles. The molecule has 17 heavy (non-hydrogen) atoms. The highest BCUT2D eigenvalue weighted by atomic mass is 79.9. The van der Waals surface area contributed by atoms with Gasteiger partial charge in [0, 0.05) is 23.3 Å². The molecule has 0 aliphatic carbocycles. The zero-order chi connectivity index (χ0) is 12.3. The first-order chi connectivity index (χ1) is 8.16. The first-order valence-electron chi connectivity index (χ1n) is 5.15. The van der Waals surface area contributed by atoms with E-state index in [0.29, 0.717) is 17.9 Å². The van der Waals surface area contributed by atoms with Gasteiger partial charge in [0.05, 0.1) is 5.69 Å². The largest absolute Gasteiger partial charge is 0.386 e. The van der Waals surface area contributed by atoms with Crippen molar-refractivity contribution in [3.63, 3.8) is 0 Å². The fraction of sp³-hybridized carbons (Fsp3) is 0.167. The van der Waals surface area contributed by atoms with E-state index in [9.17, 15) is 5.11 Å². The lowest BCUT2D eigenvalue weighted by atomic mass is 10.1. The highest BCUT2D eigenvalue weighted by molar-refractivity contribution is 9.10. The highest BCUT2D eigenvalue weighted by Gasteiger charge is 2.13. The van der Waals surface area contributed by atoms with Gasteiger partial charge in [-0.05, 0) is 45.8 Å². The van der Waals surface area contributed by atoms with Gasteiger partial charge in [-0.1, -0.05) is 0 Å². The van der Waals surface area contributed by atoms with Crippen LogP contribution in [0.15, 0.2) is 41.1 Å². The van der Waals surface area contributed by atoms with E-state index in [1.54, 1.807) is 18.5 Å². The molecule has 3 N–H and O–H groups in total. The Hall–Kier alpha value is -1.46. The normalized spacial score (nSPS) is 12.4. The van der Waals surface area contributed by atoms with Crippen LogP contribution in [0.5, 0.6) is 0 Å². The van der Waals surface area contributed by atoms with Crippen LogP contribution in [0.25, 0.3) is 0 Å². The van der Waals surface area contributed by atoms with Crippen LogP contribution in [0.4, 0.5) is 5.82 Å². The van der Waals surface area contributed by atoms with E-state index >= 15 is 0 Å².